The molecule has 2 N–H and O–H groups in total. The molecule has 0 amide bonds. The Balaban J connectivity index is 0.00000180. The first kappa shape index (κ1) is 15.3. The Hall–Kier alpha value is -1.76. The average molecular weight is 268 g/mol. The average Bonchev–Trinajstić information content (AvgIpc) is 2.39. The van der Waals surface area contributed by atoms with Crippen molar-refractivity contribution in [3.05, 3.63) is 47.8 Å². The number of aromatic carboxylic acids is 2. The van der Waals surface area contributed by atoms with Crippen molar-refractivity contribution in [3.8, 4) is 11.4 Å². The van der Waals surface area contributed by atoms with Crippen LogP contribution in [0.15, 0.2) is 36.7 Å². The third-order valence-electron chi connectivity index (χ3n) is 2.28. The number of carboxylic acid groups (broad SMARTS) is 2. The number of nitrogens with zero attached hydrogens (tertiary/aromatic N) is 2. The zero-order valence-corrected chi connectivity index (χ0v) is 9.07. The van der Waals surface area contributed by atoms with Crippen LogP contribution in [0.2, 0.25) is 0 Å². The van der Waals surface area contributed by atoms with E-state index < -0.39 is 11.9 Å². The van der Waals surface area contributed by atoms with Crippen molar-refractivity contribution in [1.29, 1.82) is 0 Å². The third kappa shape index (κ3) is 3.60. The Kier molecular flexibility index (Phi) is 5.17. The van der Waals surface area contributed by atoms with Gasteiger partial charge in [-0.15, -0.1) is 0 Å². The molecule has 92 valence electrons. The van der Waals surface area contributed by atoms with Crippen LogP contribution in [0.4, 0.5) is 0 Å². The molecule has 2 aromatic heterocycles. The molecule has 0 saturated heterocycles. The summed E-state index contributed by atoms with van der Waals surface area (Å²) < 4.78 is 0. The van der Waals surface area contributed by atoms with Crippen LogP contribution in [0.25, 0.3) is 11.4 Å². The molecule has 0 atom stereocenters. The van der Waals surface area contributed by atoms with Crippen LogP contribution in [0.3, 0.4) is 0 Å². The number of carbonyl (C=O) groups is 2. The maximum atomic E-state index is 10.8. The van der Waals surface area contributed by atoms with E-state index in [1.54, 1.807) is 0 Å². The van der Waals surface area contributed by atoms with E-state index in [1.165, 1.54) is 36.7 Å². The Morgan fingerprint density at radius 1 is 0.842 bits per heavy atom. The molecule has 0 fully saturated rings. The number of hydrogen-bond acceptors (Lipinski definition) is 4. The molecule has 2 rings (SSSR count). The number of hydrogen-bond donors (Lipinski definition) is 2. The van der Waals surface area contributed by atoms with E-state index >= 15 is 0 Å². The fourth-order valence-corrected chi connectivity index (χ4v) is 1.41. The summed E-state index contributed by atoms with van der Waals surface area (Å²) in [6.45, 7) is 0. The van der Waals surface area contributed by atoms with Crippen molar-refractivity contribution in [1.82, 2.24) is 9.97 Å². The van der Waals surface area contributed by atoms with Gasteiger partial charge in [-0.3, -0.25) is 9.97 Å². The van der Waals surface area contributed by atoms with Gasteiger partial charge < -0.3 is 10.2 Å². The van der Waals surface area contributed by atoms with E-state index in [1.807, 2.05) is 0 Å². The maximum absolute atomic E-state index is 10.8. The molecule has 0 saturated carbocycles. The minimum absolute atomic E-state index is 0. The van der Waals surface area contributed by atoms with E-state index in [9.17, 15) is 9.59 Å². The molecular weight excluding hydrogens is 259 g/mol. The zero-order valence-electron chi connectivity index (χ0n) is 9.07. The van der Waals surface area contributed by atoms with Gasteiger partial charge in [-0.25, -0.2) is 9.59 Å². The monoisotopic (exact) mass is 268 g/mol. The number of carboxylic acids is 2. The molecule has 0 aliphatic rings. The standard InChI is InChI=1S/C12H8N2O4.Na.H/c15-11(16)7-1-3-13-9(5-7)10-6-8(12(17)18)2-4-14-10;;/h1-6H,(H,15,16)(H,17,18);;. The molecule has 2 aromatic rings. The number of pyridine rings is 2. The predicted molar refractivity (Wildman–Crippen MR) is 68.5 cm³/mol. The van der Waals surface area contributed by atoms with Crippen LogP contribution in [0, 0.1) is 0 Å². The van der Waals surface area contributed by atoms with E-state index in [-0.39, 0.29) is 40.7 Å². The summed E-state index contributed by atoms with van der Waals surface area (Å²) >= 11 is 0. The molecule has 7 heteroatoms. The van der Waals surface area contributed by atoms with Crippen LogP contribution >= 0.6 is 0 Å². The van der Waals surface area contributed by atoms with Crippen molar-refractivity contribution in [3.63, 3.8) is 0 Å². The molecule has 6 nitrogen and oxygen atoms in total. The summed E-state index contributed by atoms with van der Waals surface area (Å²) in [5.41, 5.74) is 0.779. The van der Waals surface area contributed by atoms with Crippen molar-refractivity contribution in [2.45, 2.75) is 0 Å². The van der Waals surface area contributed by atoms with Gasteiger partial charge in [-0.1, -0.05) is 0 Å². The zero-order chi connectivity index (χ0) is 13.1. The summed E-state index contributed by atoms with van der Waals surface area (Å²) in [7, 11) is 0. The van der Waals surface area contributed by atoms with E-state index in [0.717, 1.165) is 0 Å². The first-order valence-electron chi connectivity index (χ1n) is 4.97. The Morgan fingerprint density at radius 3 is 1.53 bits per heavy atom. The fourth-order valence-electron chi connectivity index (χ4n) is 1.41. The Morgan fingerprint density at radius 2 is 1.21 bits per heavy atom. The van der Waals surface area contributed by atoms with Gasteiger partial charge in [-0.05, 0) is 24.3 Å². The second-order valence-corrected chi connectivity index (χ2v) is 3.47. The van der Waals surface area contributed by atoms with Gasteiger partial charge >= 0.3 is 41.5 Å². The predicted octanol–water partition coefficient (Wildman–Crippen LogP) is 0.891. The van der Waals surface area contributed by atoms with E-state index in [0.29, 0.717) is 11.4 Å². The molecule has 0 aromatic carbocycles. The SMILES string of the molecule is O=C(O)c1ccnc(-c2cc(C(=O)O)ccn2)c1.[NaH]. The first-order valence-corrected chi connectivity index (χ1v) is 4.97. The molecular formula is C12H9N2NaO4. The summed E-state index contributed by atoms with van der Waals surface area (Å²) in [6, 6.07) is 5.40. The number of aromatic nitrogens is 2. The molecule has 0 radical (unpaired) electrons. The summed E-state index contributed by atoms with van der Waals surface area (Å²) in [4.78, 5) is 29.6. The molecule has 0 bridgehead atoms. The van der Waals surface area contributed by atoms with Gasteiger partial charge in [0.15, 0.2) is 0 Å². The van der Waals surface area contributed by atoms with Gasteiger partial charge in [0.05, 0.1) is 22.5 Å². The summed E-state index contributed by atoms with van der Waals surface area (Å²) in [6.07, 6.45) is 2.68. The van der Waals surface area contributed by atoms with Crippen LogP contribution < -0.4 is 0 Å². The topological polar surface area (TPSA) is 100 Å². The van der Waals surface area contributed by atoms with Crippen LogP contribution in [-0.4, -0.2) is 61.7 Å². The molecule has 0 spiro atoms. The minimum atomic E-state index is -1.08. The van der Waals surface area contributed by atoms with Crippen LogP contribution in [0.1, 0.15) is 20.7 Å². The van der Waals surface area contributed by atoms with Gasteiger partial charge in [0.25, 0.3) is 0 Å². The van der Waals surface area contributed by atoms with Crippen molar-refractivity contribution < 1.29 is 19.8 Å². The molecule has 19 heavy (non-hydrogen) atoms. The van der Waals surface area contributed by atoms with Crippen LogP contribution in [-0.2, 0) is 0 Å². The van der Waals surface area contributed by atoms with Gasteiger partial charge in [0.2, 0.25) is 0 Å². The third-order valence-corrected chi connectivity index (χ3v) is 2.28. The van der Waals surface area contributed by atoms with Gasteiger partial charge in [0, 0.05) is 12.4 Å². The van der Waals surface area contributed by atoms with Crippen molar-refractivity contribution in [2.24, 2.45) is 0 Å². The summed E-state index contributed by atoms with van der Waals surface area (Å²) in [5, 5.41) is 17.7. The van der Waals surface area contributed by atoms with E-state index in [2.05, 4.69) is 9.97 Å². The van der Waals surface area contributed by atoms with Crippen molar-refractivity contribution >= 4 is 41.5 Å². The Bertz CT molecular complexity index is 575. The quantitative estimate of drug-likeness (QED) is 0.802. The van der Waals surface area contributed by atoms with E-state index in [4.69, 9.17) is 10.2 Å². The first-order chi connectivity index (χ1) is 8.58. The van der Waals surface area contributed by atoms with Gasteiger partial charge in [-0.2, -0.15) is 0 Å². The second kappa shape index (κ2) is 6.42. The Labute approximate surface area is 130 Å². The molecule has 0 aliphatic heterocycles. The normalized spacial score (nSPS) is 9.47. The van der Waals surface area contributed by atoms with Gasteiger partial charge in [0.1, 0.15) is 0 Å². The fraction of sp³-hybridized carbons (Fsp3) is 0. The van der Waals surface area contributed by atoms with Crippen molar-refractivity contribution in [2.75, 3.05) is 0 Å². The second-order valence-electron chi connectivity index (χ2n) is 3.47. The number of rotatable bonds is 3. The summed E-state index contributed by atoms with van der Waals surface area (Å²) in [5.74, 6) is -2.15. The molecule has 0 aliphatic carbocycles. The molecule has 0 unspecified atom stereocenters. The van der Waals surface area contributed by atoms with Crippen LogP contribution in [0.5, 0.6) is 0 Å². The molecule has 2 heterocycles.